The van der Waals surface area contributed by atoms with Crippen molar-refractivity contribution in [2.75, 3.05) is 34.2 Å². The number of rotatable bonds is 7. The van der Waals surface area contributed by atoms with Crippen LogP contribution in [0.1, 0.15) is 12.8 Å². The van der Waals surface area contributed by atoms with Crippen LogP contribution in [0.3, 0.4) is 0 Å². The van der Waals surface area contributed by atoms with Crippen LogP contribution in [0.15, 0.2) is 23.5 Å². The Bertz CT molecular complexity index is 413. The third-order valence-electron chi connectivity index (χ3n) is 2.77. The number of hydrogen-bond donors (Lipinski definition) is 2. The lowest BCUT2D eigenvalue weighted by Gasteiger charge is -2.13. The summed E-state index contributed by atoms with van der Waals surface area (Å²) in [5, 5.41) is 10.5. The molecule has 0 radical (unpaired) electrons. The fourth-order valence-corrected chi connectivity index (χ4v) is 1.61. The van der Waals surface area contributed by atoms with E-state index in [1.165, 1.54) is 0 Å². The Hall–Kier alpha value is -2.05. The fraction of sp³-hybridized carbons (Fsp3) is 0.615. The predicted molar refractivity (Wildman–Crippen MR) is 79.5 cm³/mol. The van der Waals surface area contributed by atoms with Gasteiger partial charge in [0.2, 0.25) is 5.91 Å². The Morgan fingerprint density at radius 1 is 1.35 bits per heavy atom. The van der Waals surface area contributed by atoms with Gasteiger partial charge >= 0.3 is 0 Å². The first-order chi connectivity index (χ1) is 9.63. The molecule has 1 amide bonds. The summed E-state index contributed by atoms with van der Waals surface area (Å²) in [6, 6.07) is 1.91. The molecular weight excluding hydrogens is 256 g/mol. The molecule has 0 saturated carbocycles. The third kappa shape index (κ3) is 6.21. The van der Waals surface area contributed by atoms with Crippen molar-refractivity contribution >= 4 is 11.9 Å². The highest BCUT2D eigenvalue weighted by Crippen LogP contribution is 1.88. The lowest BCUT2D eigenvalue weighted by molar-refractivity contribution is -0.128. The van der Waals surface area contributed by atoms with Crippen molar-refractivity contribution in [3.63, 3.8) is 0 Å². The molecule has 2 N–H and O–H groups in total. The van der Waals surface area contributed by atoms with Crippen LogP contribution in [-0.4, -0.2) is 60.8 Å². The van der Waals surface area contributed by atoms with Gasteiger partial charge in [-0.15, -0.1) is 0 Å². The van der Waals surface area contributed by atoms with E-state index in [-0.39, 0.29) is 5.91 Å². The van der Waals surface area contributed by atoms with Gasteiger partial charge in [0.15, 0.2) is 5.96 Å². The minimum atomic E-state index is 0.103. The van der Waals surface area contributed by atoms with Crippen LogP contribution in [0.5, 0.6) is 0 Å². The number of hydrogen-bond acceptors (Lipinski definition) is 3. The molecule has 1 rings (SSSR count). The van der Waals surface area contributed by atoms with Crippen LogP contribution in [0.4, 0.5) is 0 Å². The summed E-state index contributed by atoms with van der Waals surface area (Å²) < 4.78 is 1.90. The SMILES string of the molecule is CN=C(NCCCn1cccn1)NCCC(=O)N(C)C. The van der Waals surface area contributed by atoms with Crippen molar-refractivity contribution in [2.45, 2.75) is 19.4 Å². The number of aryl methyl sites for hydroxylation is 1. The molecule has 0 aromatic carbocycles. The largest absolute Gasteiger partial charge is 0.356 e. The molecule has 0 saturated heterocycles. The minimum absolute atomic E-state index is 0.103. The quantitative estimate of drug-likeness (QED) is 0.416. The highest BCUT2D eigenvalue weighted by atomic mass is 16.2. The maximum atomic E-state index is 11.4. The minimum Gasteiger partial charge on any atom is -0.356 e. The zero-order valence-electron chi connectivity index (χ0n) is 12.5. The number of nitrogens with zero attached hydrogens (tertiary/aromatic N) is 4. The zero-order valence-corrected chi connectivity index (χ0v) is 12.5. The molecule has 0 unspecified atom stereocenters. The zero-order chi connectivity index (χ0) is 14.8. The Balaban J connectivity index is 2.12. The first-order valence-corrected chi connectivity index (χ1v) is 6.75. The van der Waals surface area contributed by atoms with E-state index in [4.69, 9.17) is 0 Å². The second kappa shape index (κ2) is 8.95. The van der Waals surface area contributed by atoms with Crippen LogP contribution in [-0.2, 0) is 11.3 Å². The Morgan fingerprint density at radius 3 is 2.70 bits per heavy atom. The molecule has 112 valence electrons. The van der Waals surface area contributed by atoms with Crippen LogP contribution in [0.25, 0.3) is 0 Å². The number of carbonyl (C=O) groups excluding carboxylic acids is 1. The van der Waals surface area contributed by atoms with Gasteiger partial charge in [-0.25, -0.2) is 0 Å². The number of amides is 1. The van der Waals surface area contributed by atoms with Gasteiger partial charge in [-0.05, 0) is 12.5 Å². The maximum absolute atomic E-state index is 11.4. The molecule has 1 heterocycles. The lowest BCUT2D eigenvalue weighted by atomic mass is 10.4. The second-order valence-electron chi connectivity index (χ2n) is 4.59. The van der Waals surface area contributed by atoms with E-state index < -0.39 is 0 Å². The van der Waals surface area contributed by atoms with Crippen molar-refractivity contribution < 1.29 is 4.79 Å². The van der Waals surface area contributed by atoms with Gasteiger partial charge in [0, 0.05) is 59.6 Å². The predicted octanol–water partition coefficient (Wildman–Crippen LogP) is -0.0835. The van der Waals surface area contributed by atoms with Gasteiger partial charge in [0.05, 0.1) is 0 Å². The fourth-order valence-electron chi connectivity index (χ4n) is 1.61. The maximum Gasteiger partial charge on any atom is 0.223 e. The molecule has 0 aliphatic rings. The Morgan fingerprint density at radius 2 is 2.10 bits per heavy atom. The van der Waals surface area contributed by atoms with Gasteiger partial charge in [0.25, 0.3) is 0 Å². The van der Waals surface area contributed by atoms with E-state index in [0.717, 1.165) is 25.5 Å². The van der Waals surface area contributed by atoms with Gasteiger partial charge in [0.1, 0.15) is 0 Å². The van der Waals surface area contributed by atoms with E-state index in [9.17, 15) is 4.79 Å². The summed E-state index contributed by atoms with van der Waals surface area (Å²) in [4.78, 5) is 17.1. The Labute approximate surface area is 120 Å². The molecule has 0 atom stereocenters. The number of carbonyl (C=O) groups is 1. The molecule has 1 aromatic heterocycles. The van der Waals surface area contributed by atoms with Crippen molar-refractivity contribution in [2.24, 2.45) is 4.99 Å². The average molecular weight is 280 g/mol. The van der Waals surface area contributed by atoms with E-state index in [2.05, 4.69) is 20.7 Å². The highest BCUT2D eigenvalue weighted by Gasteiger charge is 2.04. The monoisotopic (exact) mass is 280 g/mol. The van der Waals surface area contributed by atoms with Crippen molar-refractivity contribution in [1.29, 1.82) is 0 Å². The summed E-state index contributed by atoms with van der Waals surface area (Å²) in [5.74, 6) is 0.823. The molecular formula is C13H24N6O. The molecule has 0 fully saturated rings. The average Bonchev–Trinajstić information content (AvgIpc) is 2.94. The summed E-state index contributed by atoms with van der Waals surface area (Å²) >= 11 is 0. The number of aromatic nitrogens is 2. The molecule has 0 spiro atoms. The molecule has 0 aliphatic carbocycles. The standard InChI is InChI=1S/C13H24N6O/c1-14-13(16-9-6-12(20)18(2)3)15-7-4-10-19-11-5-8-17-19/h5,8,11H,4,6-7,9-10H2,1-3H3,(H2,14,15,16). The molecule has 1 aromatic rings. The molecule has 0 aliphatic heterocycles. The second-order valence-corrected chi connectivity index (χ2v) is 4.59. The smallest absolute Gasteiger partial charge is 0.223 e. The Kier molecular flexibility index (Phi) is 7.16. The first kappa shape index (κ1) is 16.0. The molecule has 20 heavy (non-hydrogen) atoms. The van der Waals surface area contributed by atoms with E-state index in [0.29, 0.717) is 13.0 Å². The van der Waals surface area contributed by atoms with Crippen molar-refractivity contribution in [3.8, 4) is 0 Å². The van der Waals surface area contributed by atoms with Gasteiger partial charge < -0.3 is 15.5 Å². The summed E-state index contributed by atoms with van der Waals surface area (Å²) in [7, 11) is 5.23. The van der Waals surface area contributed by atoms with Crippen LogP contribution < -0.4 is 10.6 Å². The van der Waals surface area contributed by atoms with Crippen LogP contribution in [0.2, 0.25) is 0 Å². The summed E-state index contributed by atoms with van der Waals surface area (Å²) in [6.45, 7) is 2.26. The van der Waals surface area contributed by atoms with Crippen LogP contribution in [0, 0.1) is 0 Å². The van der Waals surface area contributed by atoms with E-state index in [1.807, 2.05) is 16.9 Å². The summed E-state index contributed by atoms with van der Waals surface area (Å²) in [5.41, 5.74) is 0. The summed E-state index contributed by atoms with van der Waals surface area (Å²) in [6.07, 6.45) is 5.13. The van der Waals surface area contributed by atoms with Gasteiger partial charge in [-0.1, -0.05) is 0 Å². The lowest BCUT2D eigenvalue weighted by Crippen LogP contribution is -2.39. The number of aliphatic imine (C=N–C) groups is 1. The normalized spacial score (nSPS) is 11.2. The van der Waals surface area contributed by atoms with E-state index >= 15 is 0 Å². The highest BCUT2D eigenvalue weighted by molar-refractivity contribution is 5.81. The topological polar surface area (TPSA) is 74.5 Å². The third-order valence-corrected chi connectivity index (χ3v) is 2.77. The van der Waals surface area contributed by atoms with E-state index in [1.54, 1.807) is 32.2 Å². The van der Waals surface area contributed by atoms with Gasteiger partial charge in [-0.3, -0.25) is 14.5 Å². The van der Waals surface area contributed by atoms with Gasteiger partial charge in [-0.2, -0.15) is 5.10 Å². The molecule has 7 heteroatoms. The van der Waals surface area contributed by atoms with Crippen LogP contribution >= 0.6 is 0 Å². The first-order valence-electron chi connectivity index (χ1n) is 6.75. The van der Waals surface area contributed by atoms with Crippen molar-refractivity contribution in [1.82, 2.24) is 25.3 Å². The molecule has 0 bridgehead atoms. The molecule has 7 nitrogen and oxygen atoms in total. The number of guanidine groups is 1. The number of nitrogens with one attached hydrogen (secondary N) is 2. The van der Waals surface area contributed by atoms with Crippen molar-refractivity contribution in [3.05, 3.63) is 18.5 Å².